The molecule has 0 bridgehead atoms. The van der Waals surface area contributed by atoms with Gasteiger partial charge in [0.15, 0.2) is 12.2 Å². The SMILES string of the molecule is N#Cc1ccc(NC(=O)C(O)[C@H]2OCCN(c3ccc4[nH]c(=O)[nH]c4c3)C2=O)cc1. The Bertz CT molecular complexity index is 1210. The van der Waals surface area contributed by atoms with Gasteiger partial charge >= 0.3 is 5.69 Å². The largest absolute Gasteiger partial charge is 0.380 e. The number of anilines is 2. The van der Waals surface area contributed by atoms with E-state index in [0.29, 0.717) is 28.0 Å². The minimum absolute atomic E-state index is 0.124. The molecule has 152 valence electrons. The molecule has 2 amide bonds. The molecule has 2 aromatic carbocycles. The van der Waals surface area contributed by atoms with E-state index >= 15 is 0 Å². The first-order valence-corrected chi connectivity index (χ1v) is 9.10. The van der Waals surface area contributed by atoms with Crippen molar-refractivity contribution in [1.29, 1.82) is 5.26 Å². The van der Waals surface area contributed by atoms with Crippen molar-refractivity contribution in [1.82, 2.24) is 9.97 Å². The number of nitrogens with one attached hydrogen (secondary N) is 3. The Balaban J connectivity index is 1.50. The van der Waals surface area contributed by atoms with Gasteiger partial charge in [0.25, 0.3) is 11.8 Å². The van der Waals surface area contributed by atoms with Gasteiger partial charge in [-0.25, -0.2) is 4.79 Å². The van der Waals surface area contributed by atoms with Gasteiger partial charge in [0, 0.05) is 17.9 Å². The maximum atomic E-state index is 12.9. The van der Waals surface area contributed by atoms with Crippen molar-refractivity contribution in [3.63, 3.8) is 0 Å². The van der Waals surface area contributed by atoms with Crippen LogP contribution in [-0.2, 0) is 14.3 Å². The van der Waals surface area contributed by atoms with Gasteiger partial charge in [-0.1, -0.05) is 0 Å². The number of hydrogen-bond acceptors (Lipinski definition) is 6. The number of aromatic amines is 2. The molecule has 2 heterocycles. The minimum Gasteiger partial charge on any atom is -0.380 e. The molecule has 1 aromatic heterocycles. The summed E-state index contributed by atoms with van der Waals surface area (Å²) in [5, 5.41) is 21.7. The number of benzene rings is 2. The van der Waals surface area contributed by atoms with Crippen molar-refractivity contribution in [2.45, 2.75) is 12.2 Å². The highest BCUT2D eigenvalue weighted by Gasteiger charge is 2.39. The predicted molar refractivity (Wildman–Crippen MR) is 107 cm³/mol. The Hall–Kier alpha value is -3.94. The van der Waals surface area contributed by atoms with E-state index in [9.17, 15) is 19.5 Å². The third kappa shape index (κ3) is 3.67. The number of ether oxygens (including phenoxy) is 1. The van der Waals surface area contributed by atoms with E-state index in [1.165, 1.54) is 29.2 Å². The lowest BCUT2D eigenvalue weighted by Gasteiger charge is -2.34. The van der Waals surface area contributed by atoms with Crippen LogP contribution >= 0.6 is 0 Å². The first kappa shape index (κ1) is 19.4. The van der Waals surface area contributed by atoms with Gasteiger partial charge in [-0.15, -0.1) is 0 Å². The molecule has 10 heteroatoms. The second-order valence-corrected chi connectivity index (χ2v) is 6.71. The fraction of sp³-hybridized carbons (Fsp3) is 0.200. The molecule has 1 saturated heterocycles. The fourth-order valence-corrected chi connectivity index (χ4v) is 3.26. The number of nitriles is 1. The minimum atomic E-state index is -1.73. The molecule has 1 aliphatic heterocycles. The molecule has 4 rings (SSSR count). The first-order chi connectivity index (χ1) is 14.5. The summed E-state index contributed by atoms with van der Waals surface area (Å²) in [6.45, 7) is 0.360. The van der Waals surface area contributed by atoms with E-state index < -0.39 is 24.0 Å². The Morgan fingerprint density at radius 2 is 1.93 bits per heavy atom. The molecule has 0 saturated carbocycles. The van der Waals surface area contributed by atoms with Gasteiger partial charge in [-0.05, 0) is 42.5 Å². The van der Waals surface area contributed by atoms with E-state index in [2.05, 4.69) is 15.3 Å². The lowest BCUT2D eigenvalue weighted by atomic mass is 10.1. The predicted octanol–water partition coefficient (Wildman–Crippen LogP) is 0.459. The number of amides is 2. The van der Waals surface area contributed by atoms with E-state index in [1.807, 2.05) is 6.07 Å². The molecule has 30 heavy (non-hydrogen) atoms. The second kappa shape index (κ2) is 7.82. The number of H-pyrrole nitrogens is 2. The third-order valence-electron chi connectivity index (χ3n) is 4.77. The lowest BCUT2D eigenvalue weighted by Crippen LogP contribution is -2.55. The maximum absolute atomic E-state index is 12.9. The van der Waals surface area contributed by atoms with Crippen molar-refractivity contribution < 1.29 is 19.4 Å². The summed E-state index contributed by atoms with van der Waals surface area (Å²) in [7, 11) is 0. The number of imidazole rings is 1. The molecule has 3 aromatic rings. The molecular weight excluding hydrogens is 390 g/mol. The van der Waals surface area contributed by atoms with Crippen LogP contribution in [0.4, 0.5) is 11.4 Å². The number of aliphatic hydroxyl groups excluding tert-OH is 1. The normalized spacial score (nSPS) is 17.5. The Morgan fingerprint density at radius 1 is 1.20 bits per heavy atom. The number of morpholine rings is 1. The fourth-order valence-electron chi connectivity index (χ4n) is 3.26. The van der Waals surface area contributed by atoms with Gasteiger partial charge in [-0.2, -0.15) is 5.26 Å². The van der Waals surface area contributed by atoms with Crippen molar-refractivity contribution >= 4 is 34.2 Å². The van der Waals surface area contributed by atoms with Gasteiger partial charge in [0.05, 0.1) is 29.3 Å². The van der Waals surface area contributed by atoms with Crippen LogP contribution in [0.15, 0.2) is 47.3 Å². The van der Waals surface area contributed by atoms with Crippen LogP contribution < -0.4 is 15.9 Å². The number of aromatic nitrogens is 2. The van der Waals surface area contributed by atoms with E-state index in [0.717, 1.165) is 0 Å². The highest BCUT2D eigenvalue weighted by molar-refractivity contribution is 6.04. The number of aliphatic hydroxyl groups is 1. The van der Waals surface area contributed by atoms with Gasteiger partial charge in [0.1, 0.15) is 0 Å². The molecule has 1 unspecified atom stereocenters. The Morgan fingerprint density at radius 3 is 2.67 bits per heavy atom. The molecule has 2 atom stereocenters. The van der Waals surface area contributed by atoms with Gasteiger partial charge in [0.2, 0.25) is 0 Å². The van der Waals surface area contributed by atoms with Gasteiger partial charge in [-0.3, -0.25) is 9.59 Å². The van der Waals surface area contributed by atoms with Crippen LogP contribution in [0.25, 0.3) is 11.0 Å². The quantitative estimate of drug-likeness (QED) is 0.493. The van der Waals surface area contributed by atoms with Gasteiger partial charge < -0.3 is 30.0 Å². The molecule has 4 N–H and O–H groups in total. The average molecular weight is 407 g/mol. The summed E-state index contributed by atoms with van der Waals surface area (Å²) in [5.41, 5.74) is 2.09. The average Bonchev–Trinajstić information content (AvgIpc) is 3.13. The van der Waals surface area contributed by atoms with E-state index in [4.69, 9.17) is 10.00 Å². The summed E-state index contributed by atoms with van der Waals surface area (Å²) < 4.78 is 5.38. The van der Waals surface area contributed by atoms with Crippen LogP contribution in [-0.4, -0.2) is 52.2 Å². The number of fused-ring (bicyclic) bond motifs is 1. The molecule has 1 fully saturated rings. The van der Waals surface area contributed by atoms with Crippen molar-refractivity contribution in [3.05, 3.63) is 58.5 Å². The zero-order valence-electron chi connectivity index (χ0n) is 15.6. The summed E-state index contributed by atoms with van der Waals surface area (Å²) in [5.74, 6) is -1.37. The summed E-state index contributed by atoms with van der Waals surface area (Å²) in [4.78, 5) is 43.4. The van der Waals surface area contributed by atoms with E-state index in [-0.39, 0.29) is 18.8 Å². The maximum Gasteiger partial charge on any atom is 0.323 e. The van der Waals surface area contributed by atoms with E-state index in [1.54, 1.807) is 18.2 Å². The molecule has 10 nitrogen and oxygen atoms in total. The van der Waals surface area contributed by atoms with Crippen LogP contribution in [0.5, 0.6) is 0 Å². The number of carbonyl (C=O) groups excluding carboxylic acids is 2. The van der Waals surface area contributed by atoms with Crippen LogP contribution in [0, 0.1) is 11.3 Å². The molecular formula is C20H17N5O5. The highest BCUT2D eigenvalue weighted by Crippen LogP contribution is 2.23. The third-order valence-corrected chi connectivity index (χ3v) is 4.77. The topological polar surface area (TPSA) is 151 Å². The zero-order valence-corrected chi connectivity index (χ0v) is 15.6. The molecule has 0 spiro atoms. The number of nitrogens with zero attached hydrogens (tertiary/aromatic N) is 2. The Labute approximate surface area is 169 Å². The van der Waals surface area contributed by atoms with Crippen LogP contribution in [0.1, 0.15) is 5.56 Å². The first-order valence-electron chi connectivity index (χ1n) is 9.10. The highest BCUT2D eigenvalue weighted by atomic mass is 16.5. The summed E-state index contributed by atoms with van der Waals surface area (Å²) in [6.07, 6.45) is -3.11. The van der Waals surface area contributed by atoms with Crippen molar-refractivity contribution in [2.24, 2.45) is 0 Å². The summed E-state index contributed by atoms with van der Waals surface area (Å²) in [6, 6.07) is 13.0. The lowest BCUT2D eigenvalue weighted by molar-refractivity contribution is -0.150. The van der Waals surface area contributed by atoms with Crippen molar-refractivity contribution in [2.75, 3.05) is 23.4 Å². The zero-order chi connectivity index (χ0) is 21.3. The Kier molecular flexibility index (Phi) is 5.05. The second-order valence-electron chi connectivity index (χ2n) is 6.71. The molecule has 1 aliphatic rings. The number of hydrogen-bond donors (Lipinski definition) is 4. The standard InChI is InChI=1S/C20H17N5O5/c21-10-11-1-3-12(4-2-11)22-18(27)16(26)17-19(28)25(7-8-30-17)13-5-6-14-15(9-13)24-20(29)23-14/h1-6,9,16-17,26H,7-8H2,(H,22,27)(H2,23,24,29)/t16?,17-/m1/s1. The molecule has 0 aliphatic carbocycles. The molecule has 0 radical (unpaired) electrons. The van der Waals surface area contributed by atoms with Crippen molar-refractivity contribution in [3.8, 4) is 6.07 Å². The monoisotopic (exact) mass is 407 g/mol. The summed E-state index contributed by atoms with van der Waals surface area (Å²) >= 11 is 0. The number of rotatable bonds is 4. The van der Waals surface area contributed by atoms with Crippen LogP contribution in [0.2, 0.25) is 0 Å². The number of carbonyl (C=O) groups is 2. The smallest absolute Gasteiger partial charge is 0.323 e. The van der Waals surface area contributed by atoms with Crippen LogP contribution in [0.3, 0.4) is 0 Å².